The van der Waals surface area contributed by atoms with Gasteiger partial charge in [-0.1, -0.05) is 17.8 Å². The molecule has 0 unspecified atom stereocenters. The van der Waals surface area contributed by atoms with Crippen LogP contribution < -0.4 is 5.73 Å². The number of anilines is 1. The topological polar surface area (TPSA) is 62.7 Å². The minimum absolute atomic E-state index is 0.185. The SMILES string of the molecule is Cc1nc(N)sc1SCCCCC(C)(C)C#N. The Morgan fingerprint density at radius 1 is 1.47 bits per heavy atom. The third-order valence-electron chi connectivity index (χ3n) is 2.50. The van der Waals surface area contributed by atoms with Gasteiger partial charge in [0, 0.05) is 0 Å². The van der Waals surface area contributed by atoms with Crippen LogP contribution in [0.25, 0.3) is 0 Å². The Hall–Kier alpha value is -0.730. The first-order valence-corrected chi connectivity index (χ1v) is 7.52. The van der Waals surface area contributed by atoms with Crippen LogP contribution in [-0.2, 0) is 0 Å². The van der Waals surface area contributed by atoms with Crippen molar-refractivity contribution in [2.75, 3.05) is 11.5 Å². The first-order chi connectivity index (χ1) is 7.94. The molecule has 2 N–H and O–H groups in total. The third-order valence-corrected chi connectivity index (χ3v) is 4.94. The normalized spacial score (nSPS) is 11.4. The molecule has 1 aromatic heterocycles. The van der Waals surface area contributed by atoms with Crippen LogP contribution in [0.4, 0.5) is 5.13 Å². The number of thiazole rings is 1. The van der Waals surface area contributed by atoms with Crippen molar-refractivity contribution >= 4 is 28.2 Å². The van der Waals surface area contributed by atoms with Crippen LogP contribution in [0.3, 0.4) is 0 Å². The highest BCUT2D eigenvalue weighted by Gasteiger charge is 2.15. The zero-order chi connectivity index (χ0) is 12.9. The number of hydrogen-bond donors (Lipinski definition) is 1. The highest BCUT2D eigenvalue weighted by atomic mass is 32.2. The number of nitrogens with two attached hydrogens (primary N) is 1. The van der Waals surface area contributed by atoms with Gasteiger partial charge in [0.2, 0.25) is 0 Å². The van der Waals surface area contributed by atoms with E-state index in [0.717, 1.165) is 30.7 Å². The van der Waals surface area contributed by atoms with E-state index in [1.54, 1.807) is 11.3 Å². The van der Waals surface area contributed by atoms with Gasteiger partial charge in [0.25, 0.3) is 0 Å². The van der Waals surface area contributed by atoms with Gasteiger partial charge < -0.3 is 5.73 Å². The van der Waals surface area contributed by atoms with E-state index >= 15 is 0 Å². The zero-order valence-electron chi connectivity index (χ0n) is 10.6. The van der Waals surface area contributed by atoms with E-state index in [-0.39, 0.29) is 5.41 Å². The van der Waals surface area contributed by atoms with Crippen molar-refractivity contribution in [3.05, 3.63) is 5.69 Å². The lowest BCUT2D eigenvalue weighted by Crippen LogP contribution is -2.07. The average Bonchev–Trinajstić information content (AvgIpc) is 2.57. The molecule has 1 heterocycles. The van der Waals surface area contributed by atoms with Crippen LogP contribution in [0.5, 0.6) is 0 Å². The predicted octanol–water partition coefficient (Wildman–Crippen LogP) is 3.85. The van der Waals surface area contributed by atoms with Gasteiger partial charge in [0.05, 0.1) is 21.4 Å². The highest BCUT2D eigenvalue weighted by Crippen LogP contribution is 2.31. The molecule has 1 aromatic rings. The molecule has 0 radical (unpaired) electrons. The molecule has 0 aromatic carbocycles. The Kier molecular flexibility index (Phi) is 5.29. The van der Waals surface area contributed by atoms with Crippen LogP contribution in [0.1, 0.15) is 38.8 Å². The minimum atomic E-state index is -0.185. The molecule has 17 heavy (non-hydrogen) atoms. The van der Waals surface area contributed by atoms with Gasteiger partial charge in [0.15, 0.2) is 5.13 Å². The Morgan fingerprint density at radius 2 is 2.18 bits per heavy atom. The minimum Gasteiger partial charge on any atom is -0.375 e. The molecule has 0 amide bonds. The summed E-state index contributed by atoms with van der Waals surface area (Å²) in [5.41, 5.74) is 6.49. The van der Waals surface area contributed by atoms with Gasteiger partial charge in [-0.05, 0) is 39.4 Å². The van der Waals surface area contributed by atoms with Gasteiger partial charge in [0.1, 0.15) is 0 Å². The number of hydrogen-bond acceptors (Lipinski definition) is 5. The number of rotatable bonds is 6. The molecule has 5 heteroatoms. The van der Waals surface area contributed by atoms with Crippen LogP contribution >= 0.6 is 23.1 Å². The molecule has 3 nitrogen and oxygen atoms in total. The van der Waals surface area contributed by atoms with Gasteiger partial charge in [-0.2, -0.15) is 5.26 Å². The lowest BCUT2D eigenvalue weighted by molar-refractivity contribution is 0.433. The summed E-state index contributed by atoms with van der Waals surface area (Å²) in [4.78, 5) is 4.19. The van der Waals surface area contributed by atoms with Crippen molar-refractivity contribution in [3.63, 3.8) is 0 Å². The van der Waals surface area contributed by atoms with Crippen molar-refractivity contribution in [1.82, 2.24) is 4.98 Å². The second kappa shape index (κ2) is 6.27. The van der Waals surface area contributed by atoms with E-state index < -0.39 is 0 Å². The molecule has 0 bridgehead atoms. The maximum absolute atomic E-state index is 8.89. The molecular weight excluding hydrogens is 250 g/mol. The predicted molar refractivity (Wildman–Crippen MR) is 75.2 cm³/mol. The van der Waals surface area contributed by atoms with E-state index in [1.807, 2.05) is 32.5 Å². The molecule has 0 aliphatic heterocycles. The van der Waals surface area contributed by atoms with Gasteiger partial charge >= 0.3 is 0 Å². The van der Waals surface area contributed by atoms with Crippen LogP contribution in [-0.4, -0.2) is 10.7 Å². The number of nitriles is 1. The summed E-state index contributed by atoms with van der Waals surface area (Å²) in [7, 11) is 0. The first kappa shape index (κ1) is 14.3. The maximum atomic E-state index is 8.89. The van der Waals surface area contributed by atoms with Crippen LogP contribution in [0.15, 0.2) is 4.21 Å². The molecule has 0 atom stereocenters. The van der Waals surface area contributed by atoms with E-state index in [9.17, 15) is 0 Å². The van der Waals surface area contributed by atoms with Crippen molar-refractivity contribution in [2.45, 2.75) is 44.2 Å². The second-order valence-corrected chi connectivity index (χ2v) is 7.12. The molecule has 0 fully saturated rings. The summed E-state index contributed by atoms with van der Waals surface area (Å²) in [5, 5.41) is 9.54. The number of thioether (sulfide) groups is 1. The summed E-state index contributed by atoms with van der Waals surface area (Å²) in [6, 6.07) is 2.33. The fourth-order valence-corrected chi connectivity index (χ4v) is 3.52. The number of nitrogen functional groups attached to an aromatic ring is 1. The molecule has 0 aliphatic rings. The van der Waals surface area contributed by atoms with E-state index in [0.29, 0.717) is 5.13 Å². The summed E-state index contributed by atoms with van der Waals surface area (Å²) in [6.07, 6.45) is 3.20. The Morgan fingerprint density at radius 3 is 2.71 bits per heavy atom. The molecular formula is C12H19N3S2. The first-order valence-electron chi connectivity index (χ1n) is 5.71. The van der Waals surface area contributed by atoms with Crippen molar-refractivity contribution in [1.29, 1.82) is 5.26 Å². The van der Waals surface area contributed by atoms with Gasteiger partial charge in [-0.25, -0.2) is 4.98 Å². The average molecular weight is 269 g/mol. The number of nitrogens with zero attached hydrogens (tertiary/aromatic N) is 2. The Labute approximate surface area is 111 Å². The Balaban J connectivity index is 2.22. The van der Waals surface area contributed by atoms with Gasteiger partial charge in [-0.15, -0.1) is 11.8 Å². The van der Waals surface area contributed by atoms with E-state index in [4.69, 9.17) is 11.0 Å². The van der Waals surface area contributed by atoms with Crippen molar-refractivity contribution < 1.29 is 0 Å². The fraction of sp³-hybridized carbons (Fsp3) is 0.667. The largest absolute Gasteiger partial charge is 0.375 e. The summed E-state index contributed by atoms with van der Waals surface area (Å²) < 4.78 is 1.22. The molecule has 0 saturated carbocycles. The molecule has 0 saturated heterocycles. The van der Waals surface area contributed by atoms with Gasteiger partial charge in [-0.3, -0.25) is 0 Å². The summed E-state index contributed by atoms with van der Waals surface area (Å²) in [6.45, 7) is 5.98. The highest BCUT2D eigenvalue weighted by molar-refractivity contribution is 8.01. The summed E-state index contributed by atoms with van der Waals surface area (Å²) >= 11 is 3.38. The number of aromatic nitrogens is 1. The second-order valence-electron chi connectivity index (χ2n) is 4.73. The molecule has 0 aliphatic carbocycles. The van der Waals surface area contributed by atoms with E-state index in [2.05, 4.69) is 11.1 Å². The smallest absolute Gasteiger partial charge is 0.181 e. The zero-order valence-corrected chi connectivity index (χ0v) is 12.2. The standard InChI is InChI=1S/C12H19N3S2/c1-9-10(17-11(14)15-9)16-7-5-4-6-12(2,3)8-13/h4-7H2,1-3H3,(H2,14,15). The number of unbranched alkanes of at least 4 members (excludes halogenated alkanes) is 1. The molecule has 0 spiro atoms. The van der Waals surface area contributed by atoms with E-state index in [1.165, 1.54) is 4.21 Å². The molecule has 94 valence electrons. The van der Waals surface area contributed by atoms with Crippen LogP contribution in [0.2, 0.25) is 0 Å². The third kappa shape index (κ3) is 4.97. The lowest BCUT2D eigenvalue weighted by Gasteiger charge is -2.13. The summed E-state index contributed by atoms with van der Waals surface area (Å²) in [5.74, 6) is 1.07. The monoisotopic (exact) mass is 269 g/mol. The quantitative estimate of drug-likeness (QED) is 0.629. The molecule has 1 rings (SSSR count). The number of aryl methyl sites for hydroxylation is 1. The van der Waals surface area contributed by atoms with Crippen molar-refractivity contribution in [2.24, 2.45) is 5.41 Å². The Bertz CT molecular complexity index is 404. The lowest BCUT2D eigenvalue weighted by atomic mass is 9.89. The van der Waals surface area contributed by atoms with Crippen LogP contribution in [0, 0.1) is 23.7 Å². The maximum Gasteiger partial charge on any atom is 0.181 e. The fourth-order valence-electron chi connectivity index (χ4n) is 1.43. The van der Waals surface area contributed by atoms with Crippen molar-refractivity contribution in [3.8, 4) is 6.07 Å².